The van der Waals surface area contributed by atoms with E-state index in [9.17, 15) is 0 Å². The smallest absolute Gasteiger partial charge is 0.205 e. The quantitative estimate of drug-likeness (QED) is 0.120. The lowest BCUT2D eigenvalue weighted by Crippen LogP contribution is -2.05. The van der Waals surface area contributed by atoms with Crippen LogP contribution in [0.5, 0.6) is 0 Å². The molecule has 4 rings (SSSR count). The third kappa shape index (κ3) is 9.34. The van der Waals surface area contributed by atoms with Gasteiger partial charge in [0.1, 0.15) is 5.69 Å². The van der Waals surface area contributed by atoms with Gasteiger partial charge in [0.05, 0.1) is 0 Å². The van der Waals surface area contributed by atoms with Gasteiger partial charge >= 0.3 is 0 Å². The van der Waals surface area contributed by atoms with E-state index in [-0.39, 0.29) is 0 Å². The van der Waals surface area contributed by atoms with Crippen molar-refractivity contribution in [2.24, 2.45) is 4.99 Å². The van der Waals surface area contributed by atoms with Gasteiger partial charge < -0.3 is 5.32 Å². The van der Waals surface area contributed by atoms with Crippen LogP contribution in [0.4, 0.5) is 11.5 Å². The highest BCUT2D eigenvalue weighted by molar-refractivity contribution is 5.80. The van der Waals surface area contributed by atoms with Gasteiger partial charge in [-0.3, -0.25) is 4.99 Å². The summed E-state index contributed by atoms with van der Waals surface area (Å²) in [5, 5.41) is 17.8. The number of nitrogens with one attached hydrogen (secondary N) is 2. The second kappa shape index (κ2) is 17.1. The number of tetrazole rings is 1. The van der Waals surface area contributed by atoms with Crippen molar-refractivity contribution in [3.05, 3.63) is 70.9 Å². The number of unbranched alkanes of at least 4 members (excludes halogenated alkanes) is 4. The number of aromatic nitrogens is 5. The first kappa shape index (κ1) is 31.7. The van der Waals surface area contributed by atoms with Gasteiger partial charge in [0.2, 0.25) is 5.82 Å². The van der Waals surface area contributed by atoms with Crippen LogP contribution in [-0.4, -0.2) is 38.9 Å². The highest BCUT2D eigenvalue weighted by Crippen LogP contribution is 2.31. The minimum Gasteiger partial charge on any atom is -0.368 e. The van der Waals surface area contributed by atoms with E-state index in [0.717, 1.165) is 59.7 Å². The third-order valence-electron chi connectivity index (χ3n) is 7.22. The summed E-state index contributed by atoms with van der Waals surface area (Å²) in [5.74, 6) is 1.53. The number of aromatic amines is 1. The standard InChI is InChI=1S/C18H20N4.C16H27N3/c1-3-4-7-14-10-11-15(12-13(14)2)16-8-5-6-9-17(16)18-19-21-22-20-18;1-5-7-9-10-14-12-13(3)15(17-4)16(19-14)18-11-8-6-2/h5-6,8-12H,3-4,7H2,1-2H3,(H,19,20,21,22);12H,4-11H2,1-3H3,(H,18,19). The number of H-pyrrole nitrogens is 1. The van der Waals surface area contributed by atoms with Crippen molar-refractivity contribution in [2.75, 3.05) is 11.9 Å². The van der Waals surface area contributed by atoms with Gasteiger partial charge in [-0.1, -0.05) is 88.9 Å². The molecule has 0 saturated heterocycles. The Kier molecular flexibility index (Phi) is 13.2. The highest BCUT2D eigenvalue weighted by Gasteiger charge is 2.12. The Balaban J connectivity index is 0.000000229. The molecule has 0 aliphatic heterocycles. The number of hydrogen-bond acceptors (Lipinski definition) is 6. The zero-order valence-corrected chi connectivity index (χ0v) is 25.6. The van der Waals surface area contributed by atoms with Crippen LogP contribution in [0.25, 0.3) is 22.5 Å². The number of rotatable bonds is 14. The number of benzene rings is 2. The van der Waals surface area contributed by atoms with E-state index in [4.69, 9.17) is 4.98 Å². The molecule has 2 heterocycles. The summed E-state index contributed by atoms with van der Waals surface area (Å²) in [6, 6.07) is 17.0. The first-order valence-electron chi connectivity index (χ1n) is 15.2. The number of aliphatic imine (C=N–C) groups is 1. The number of aryl methyl sites for hydroxylation is 4. The molecule has 0 unspecified atom stereocenters. The van der Waals surface area contributed by atoms with Crippen molar-refractivity contribution < 1.29 is 0 Å². The van der Waals surface area contributed by atoms with E-state index < -0.39 is 0 Å². The molecule has 218 valence electrons. The van der Waals surface area contributed by atoms with Crippen LogP contribution in [-0.2, 0) is 12.8 Å². The molecule has 41 heavy (non-hydrogen) atoms. The topological polar surface area (TPSA) is 91.7 Å². The van der Waals surface area contributed by atoms with Crippen LogP contribution in [0, 0.1) is 13.8 Å². The molecule has 4 aromatic rings. The summed E-state index contributed by atoms with van der Waals surface area (Å²) >= 11 is 0. The minimum atomic E-state index is 0.628. The molecular formula is C34H47N7. The van der Waals surface area contributed by atoms with E-state index in [2.05, 4.69) is 103 Å². The summed E-state index contributed by atoms with van der Waals surface area (Å²) in [6.07, 6.45) is 10.7. The second-order valence-electron chi connectivity index (χ2n) is 10.5. The van der Waals surface area contributed by atoms with Crippen molar-refractivity contribution in [3.63, 3.8) is 0 Å². The molecule has 0 aliphatic rings. The van der Waals surface area contributed by atoms with E-state index in [0.29, 0.717) is 5.82 Å². The molecule has 2 aromatic carbocycles. The van der Waals surface area contributed by atoms with E-state index in [1.807, 2.05) is 18.2 Å². The molecule has 0 radical (unpaired) electrons. The SMILES string of the molecule is C=Nc1c(C)cc(CCCCC)nc1NCCCC.CCCCc1ccc(-c2ccccc2-c2nn[nH]n2)cc1C. The molecule has 0 amide bonds. The van der Waals surface area contributed by atoms with Crippen LogP contribution in [0.2, 0.25) is 0 Å². The zero-order valence-electron chi connectivity index (χ0n) is 25.6. The van der Waals surface area contributed by atoms with Crippen LogP contribution in [0.1, 0.15) is 88.1 Å². The van der Waals surface area contributed by atoms with Crippen LogP contribution < -0.4 is 5.32 Å². The fourth-order valence-corrected chi connectivity index (χ4v) is 4.84. The normalized spacial score (nSPS) is 10.7. The van der Waals surface area contributed by atoms with Crippen LogP contribution in [0.3, 0.4) is 0 Å². The maximum atomic E-state index is 4.70. The number of anilines is 1. The van der Waals surface area contributed by atoms with Gasteiger partial charge in [-0.15, -0.1) is 10.2 Å². The fraction of sp³-hybridized carbons (Fsp3) is 0.441. The summed E-state index contributed by atoms with van der Waals surface area (Å²) in [6.45, 7) is 15.5. The lowest BCUT2D eigenvalue weighted by molar-refractivity contribution is 0.707. The van der Waals surface area contributed by atoms with Crippen molar-refractivity contribution in [3.8, 4) is 22.5 Å². The molecule has 7 heteroatoms. The van der Waals surface area contributed by atoms with Gasteiger partial charge in [0, 0.05) is 17.8 Å². The molecule has 0 fully saturated rings. The van der Waals surface area contributed by atoms with Gasteiger partial charge in [0.25, 0.3) is 0 Å². The first-order valence-corrected chi connectivity index (χ1v) is 15.2. The number of nitrogens with zero attached hydrogens (tertiary/aromatic N) is 5. The summed E-state index contributed by atoms with van der Waals surface area (Å²) in [7, 11) is 0. The Hall–Kier alpha value is -3.87. The van der Waals surface area contributed by atoms with E-state index in [1.54, 1.807) is 0 Å². The van der Waals surface area contributed by atoms with Crippen molar-refractivity contribution in [1.82, 2.24) is 25.6 Å². The predicted octanol–water partition coefficient (Wildman–Crippen LogP) is 8.85. The highest BCUT2D eigenvalue weighted by atomic mass is 15.5. The lowest BCUT2D eigenvalue weighted by Gasteiger charge is -2.12. The molecule has 2 N–H and O–H groups in total. The number of hydrogen-bond donors (Lipinski definition) is 2. The maximum absolute atomic E-state index is 4.70. The van der Waals surface area contributed by atoms with Crippen LogP contribution in [0.15, 0.2) is 53.5 Å². The molecule has 0 atom stereocenters. The molecule has 0 aliphatic carbocycles. The van der Waals surface area contributed by atoms with Crippen molar-refractivity contribution >= 4 is 18.2 Å². The summed E-state index contributed by atoms with van der Waals surface area (Å²) in [4.78, 5) is 8.81. The molecule has 2 aromatic heterocycles. The zero-order chi connectivity index (χ0) is 29.5. The summed E-state index contributed by atoms with van der Waals surface area (Å²) in [5.41, 5.74) is 9.32. The minimum absolute atomic E-state index is 0.628. The van der Waals surface area contributed by atoms with E-state index >= 15 is 0 Å². The molecule has 7 nitrogen and oxygen atoms in total. The first-order chi connectivity index (χ1) is 20.0. The Morgan fingerprint density at radius 1 is 0.829 bits per heavy atom. The van der Waals surface area contributed by atoms with Crippen molar-refractivity contribution in [2.45, 2.75) is 92.4 Å². The fourth-order valence-electron chi connectivity index (χ4n) is 4.84. The average Bonchev–Trinajstić information content (AvgIpc) is 3.52. The molecular weight excluding hydrogens is 506 g/mol. The van der Waals surface area contributed by atoms with Crippen LogP contribution >= 0.6 is 0 Å². The van der Waals surface area contributed by atoms with Gasteiger partial charge in [-0.25, -0.2) is 4.98 Å². The Bertz CT molecular complexity index is 1350. The number of pyridine rings is 1. The van der Waals surface area contributed by atoms with Gasteiger partial charge in [0.15, 0.2) is 5.82 Å². The summed E-state index contributed by atoms with van der Waals surface area (Å²) < 4.78 is 0. The third-order valence-corrected chi connectivity index (χ3v) is 7.22. The monoisotopic (exact) mass is 553 g/mol. The Morgan fingerprint density at radius 2 is 1.59 bits per heavy atom. The Morgan fingerprint density at radius 3 is 2.24 bits per heavy atom. The molecule has 0 bridgehead atoms. The second-order valence-corrected chi connectivity index (χ2v) is 10.5. The molecule has 0 spiro atoms. The predicted molar refractivity (Wildman–Crippen MR) is 173 cm³/mol. The average molecular weight is 554 g/mol. The Labute approximate surface area is 246 Å². The molecule has 0 saturated carbocycles. The maximum Gasteiger partial charge on any atom is 0.205 e. The van der Waals surface area contributed by atoms with E-state index in [1.165, 1.54) is 55.2 Å². The largest absolute Gasteiger partial charge is 0.368 e. The van der Waals surface area contributed by atoms with Gasteiger partial charge in [-0.05, 0) is 91.8 Å². The van der Waals surface area contributed by atoms with Gasteiger partial charge in [-0.2, -0.15) is 5.21 Å². The lowest BCUT2D eigenvalue weighted by atomic mass is 9.94. The van der Waals surface area contributed by atoms with Crippen molar-refractivity contribution in [1.29, 1.82) is 0 Å².